The highest BCUT2D eigenvalue weighted by Gasteiger charge is 2.14. The first-order valence-corrected chi connectivity index (χ1v) is 7.61. The standard InChI is InChI=1S/C19H16ClNO2/c1-12-10-17(18(23-2)11-16(12)20)21-19(22)15-9-5-7-13-6-3-4-8-14(13)15/h3-11H,1-2H3,(H,21,22). The maximum absolute atomic E-state index is 12.7. The van der Waals surface area contributed by atoms with E-state index < -0.39 is 0 Å². The highest BCUT2D eigenvalue weighted by atomic mass is 35.5. The molecule has 3 aromatic carbocycles. The van der Waals surface area contributed by atoms with E-state index in [9.17, 15) is 4.79 Å². The third-order valence-electron chi connectivity index (χ3n) is 3.76. The van der Waals surface area contributed by atoms with Crippen molar-refractivity contribution < 1.29 is 9.53 Å². The van der Waals surface area contributed by atoms with Gasteiger partial charge < -0.3 is 10.1 Å². The molecule has 23 heavy (non-hydrogen) atoms. The van der Waals surface area contributed by atoms with Crippen LogP contribution in [-0.4, -0.2) is 13.0 Å². The molecule has 0 atom stereocenters. The molecular weight excluding hydrogens is 310 g/mol. The van der Waals surface area contributed by atoms with Gasteiger partial charge in [0.2, 0.25) is 0 Å². The molecule has 0 saturated carbocycles. The molecule has 3 rings (SSSR count). The van der Waals surface area contributed by atoms with E-state index in [0.717, 1.165) is 16.3 Å². The first kappa shape index (κ1) is 15.4. The van der Waals surface area contributed by atoms with Crippen LogP contribution in [0.15, 0.2) is 54.6 Å². The van der Waals surface area contributed by atoms with Gasteiger partial charge in [0.1, 0.15) is 5.75 Å². The number of halogens is 1. The number of hydrogen-bond donors (Lipinski definition) is 1. The van der Waals surface area contributed by atoms with E-state index in [-0.39, 0.29) is 5.91 Å². The topological polar surface area (TPSA) is 38.3 Å². The Labute approximate surface area is 139 Å². The summed E-state index contributed by atoms with van der Waals surface area (Å²) in [7, 11) is 1.55. The lowest BCUT2D eigenvalue weighted by Gasteiger charge is -2.13. The summed E-state index contributed by atoms with van der Waals surface area (Å²) in [6.45, 7) is 1.88. The second-order valence-corrected chi connectivity index (χ2v) is 5.69. The van der Waals surface area contributed by atoms with Crippen LogP contribution in [0.4, 0.5) is 5.69 Å². The van der Waals surface area contributed by atoms with Gasteiger partial charge in [-0.05, 0) is 35.4 Å². The van der Waals surface area contributed by atoms with E-state index >= 15 is 0 Å². The Balaban J connectivity index is 2.00. The fourth-order valence-electron chi connectivity index (χ4n) is 2.54. The summed E-state index contributed by atoms with van der Waals surface area (Å²) in [5, 5.41) is 5.46. The number of aryl methyl sites for hydroxylation is 1. The number of rotatable bonds is 3. The van der Waals surface area contributed by atoms with Crippen molar-refractivity contribution >= 4 is 34.0 Å². The molecule has 1 N–H and O–H groups in total. The van der Waals surface area contributed by atoms with Crippen LogP contribution in [0, 0.1) is 6.92 Å². The van der Waals surface area contributed by atoms with Gasteiger partial charge in [-0.2, -0.15) is 0 Å². The van der Waals surface area contributed by atoms with Crippen LogP contribution in [0.2, 0.25) is 5.02 Å². The van der Waals surface area contributed by atoms with Gasteiger partial charge in [0, 0.05) is 16.7 Å². The number of carbonyl (C=O) groups excluding carboxylic acids is 1. The first-order valence-electron chi connectivity index (χ1n) is 7.23. The summed E-state index contributed by atoms with van der Waals surface area (Å²) < 4.78 is 5.31. The molecule has 0 aliphatic carbocycles. The van der Waals surface area contributed by atoms with E-state index in [0.29, 0.717) is 22.0 Å². The minimum Gasteiger partial charge on any atom is -0.495 e. The molecule has 3 nitrogen and oxygen atoms in total. The average Bonchev–Trinajstić information content (AvgIpc) is 2.57. The second kappa shape index (κ2) is 6.31. The van der Waals surface area contributed by atoms with Crippen molar-refractivity contribution in [3.05, 3.63) is 70.7 Å². The zero-order chi connectivity index (χ0) is 16.4. The van der Waals surface area contributed by atoms with Gasteiger partial charge in [-0.25, -0.2) is 0 Å². The van der Waals surface area contributed by atoms with Gasteiger partial charge in [0.05, 0.1) is 12.8 Å². The summed E-state index contributed by atoms with van der Waals surface area (Å²) in [6.07, 6.45) is 0. The van der Waals surface area contributed by atoms with Gasteiger partial charge >= 0.3 is 0 Å². The van der Waals surface area contributed by atoms with Crippen LogP contribution in [-0.2, 0) is 0 Å². The van der Waals surface area contributed by atoms with Crippen molar-refractivity contribution in [3.63, 3.8) is 0 Å². The number of ether oxygens (including phenoxy) is 1. The number of carbonyl (C=O) groups is 1. The van der Waals surface area contributed by atoms with Gasteiger partial charge in [-0.15, -0.1) is 0 Å². The smallest absolute Gasteiger partial charge is 0.256 e. The number of anilines is 1. The fraction of sp³-hybridized carbons (Fsp3) is 0.105. The Bertz CT molecular complexity index is 884. The first-order chi connectivity index (χ1) is 11.1. The molecule has 116 valence electrons. The maximum atomic E-state index is 12.7. The SMILES string of the molecule is COc1cc(Cl)c(C)cc1NC(=O)c1cccc2ccccc12. The Morgan fingerprint density at radius 2 is 1.83 bits per heavy atom. The molecule has 4 heteroatoms. The van der Waals surface area contributed by atoms with Crippen LogP contribution in [0.25, 0.3) is 10.8 Å². The second-order valence-electron chi connectivity index (χ2n) is 5.28. The summed E-state index contributed by atoms with van der Waals surface area (Å²) in [5.41, 5.74) is 2.10. The summed E-state index contributed by atoms with van der Waals surface area (Å²) >= 11 is 6.10. The predicted octanol–water partition coefficient (Wildman–Crippen LogP) is 5.06. The zero-order valence-corrected chi connectivity index (χ0v) is 13.6. The van der Waals surface area contributed by atoms with Gasteiger partial charge in [-0.1, -0.05) is 48.0 Å². The molecule has 0 aromatic heterocycles. The van der Waals surface area contributed by atoms with Crippen molar-refractivity contribution in [1.29, 1.82) is 0 Å². The van der Waals surface area contributed by atoms with Crippen LogP contribution in [0.3, 0.4) is 0 Å². The minimum atomic E-state index is -0.179. The highest BCUT2D eigenvalue weighted by Crippen LogP contribution is 2.31. The van der Waals surface area contributed by atoms with E-state index in [1.165, 1.54) is 0 Å². The normalized spacial score (nSPS) is 10.6. The van der Waals surface area contributed by atoms with Crippen molar-refractivity contribution in [3.8, 4) is 5.75 Å². The van der Waals surface area contributed by atoms with Crippen LogP contribution < -0.4 is 10.1 Å². The number of benzene rings is 3. The molecule has 0 heterocycles. The molecule has 0 radical (unpaired) electrons. The fourth-order valence-corrected chi connectivity index (χ4v) is 2.70. The molecule has 0 fully saturated rings. The van der Waals surface area contributed by atoms with E-state index in [2.05, 4.69) is 5.32 Å². The summed E-state index contributed by atoms with van der Waals surface area (Å²) in [5.74, 6) is 0.357. The largest absolute Gasteiger partial charge is 0.495 e. The van der Waals surface area contributed by atoms with E-state index in [1.54, 1.807) is 13.2 Å². The molecule has 0 spiro atoms. The number of hydrogen-bond acceptors (Lipinski definition) is 2. The Morgan fingerprint density at radius 3 is 2.61 bits per heavy atom. The van der Waals surface area contributed by atoms with Crippen molar-refractivity contribution in [2.24, 2.45) is 0 Å². The van der Waals surface area contributed by atoms with Crippen LogP contribution in [0.1, 0.15) is 15.9 Å². The van der Waals surface area contributed by atoms with E-state index in [4.69, 9.17) is 16.3 Å². The Kier molecular flexibility index (Phi) is 4.22. The average molecular weight is 326 g/mol. The van der Waals surface area contributed by atoms with Crippen LogP contribution >= 0.6 is 11.6 Å². The molecular formula is C19H16ClNO2. The molecule has 0 bridgehead atoms. The summed E-state index contributed by atoms with van der Waals surface area (Å²) in [4.78, 5) is 12.7. The van der Waals surface area contributed by atoms with Crippen molar-refractivity contribution in [1.82, 2.24) is 0 Å². The molecule has 0 unspecified atom stereocenters. The number of nitrogens with one attached hydrogen (secondary N) is 1. The Hall–Kier alpha value is -2.52. The van der Waals surface area contributed by atoms with Crippen LogP contribution in [0.5, 0.6) is 5.75 Å². The van der Waals surface area contributed by atoms with Gasteiger partial charge in [0.15, 0.2) is 0 Å². The summed E-state index contributed by atoms with van der Waals surface area (Å²) in [6, 6.07) is 17.0. The van der Waals surface area contributed by atoms with Gasteiger partial charge in [-0.3, -0.25) is 4.79 Å². The minimum absolute atomic E-state index is 0.179. The number of amides is 1. The molecule has 0 aliphatic rings. The number of fused-ring (bicyclic) bond motifs is 1. The van der Waals surface area contributed by atoms with Crippen molar-refractivity contribution in [2.75, 3.05) is 12.4 Å². The highest BCUT2D eigenvalue weighted by molar-refractivity contribution is 6.31. The maximum Gasteiger partial charge on any atom is 0.256 e. The Morgan fingerprint density at radius 1 is 1.09 bits per heavy atom. The molecule has 0 saturated heterocycles. The predicted molar refractivity (Wildman–Crippen MR) is 94.6 cm³/mol. The quantitative estimate of drug-likeness (QED) is 0.730. The molecule has 1 amide bonds. The lowest BCUT2D eigenvalue weighted by Crippen LogP contribution is -2.13. The third-order valence-corrected chi connectivity index (χ3v) is 4.17. The molecule has 3 aromatic rings. The van der Waals surface area contributed by atoms with Crippen molar-refractivity contribution in [2.45, 2.75) is 6.92 Å². The third kappa shape index (κ3) is 3.01. The zero-order valence-electron chi connectivity index (χ0n) is 12.9. The lowest BCUT2D eigenvalue weighted by atomic mass is 10.0. The van der Waals surface area contributed by atoms with E-state index in [1.807, 2.05) is 55.5 Å². The molecule has 0 aliphatic heterocycles. The lowest BCUT2D eigenvalue weighted by molar-refractivity contribution is 0.102. The number of methoxy groups -OCH3 is 1. The van der Waals surface area contributed by atoms with Gasteiger partial charge in [0.25, 0.3) is 5.91 Å². The monoisotopic (exact) mass is 325 g/mol.